The lowest BCUT2D eigenvalue weighted by atomic mass is 9.98. The summed E-state index contributed by atoms with van der Waals surface area (Å²) in [6.45, 7) is 0. The monoisotopic (exact) mass is 365 g/mol. The molecule has 0 aliphatic rings. The molecule has 0 saturated heterocycles. The van der Waals surface area contributed by atoms with Gasteiger partial charge in [0, 0.05) is 10.0 Å². The number of hydrogen-bond donors (Lipinski definition) is 1. The normalized spacial score (nSPS) is 13.3. The van der Waals surface area contributed by atoms with Crippen LogP contribution >= 0.6 is 15.9 Å². The molecule has 0 aromatic heterocycles. The Bertz CT molecular complexity index is 669. The van der Waals surface area contributed by atoms with E-state index in [0.29, 0.717) is 16.6 Å². The Hall–Kier alpha value is -1.47. The number of nitrogens with two attached hydrogens (primary N) is 1. The highest BCUT2D eigenvalue weighted by Crippen LogP contribution is 2.33. The molecule has 1 unspecified atom stereocenters. The highest BCUT2D eigenvalue weighted by Gasteiger charge is 2.34. The molecular formula is C14H9BrF5N. The summed E-state index contributed by atoms with van der Waals surface area (Å²) in [5.41, 5.74) is 4.54. The molecule has 0 amide bonds. The second-order valence-electron chi connectivity index (χ2n) is 4.38. The van der Waals surface area contributed by atoms with Crippen molar-refractivity contribution in [1.82, 2.24) is 0 Å². The maximum absolute atomic E-state index is 13.8. The van der Waals surface area contributed by atoms with E-state index >= 15 is 0 Å². The summed E-state index contributed by atoms with van der Waals surface area (Å²) in [6.07, 6.45) is -4.78. The van der Waals surface area contributed by atoms with Gasteiger partial charge in [-0.15, -0.1) is 0 Å². The molecule has 2 aromatic rings. The van der Waals surface area contributed by atoms with Crippen LogP contribution in [0, 0.1) is 11.6 Å². The van der Waals surface area contributed by atoms with E-state index < -0.39 is 29.4 Å². The lowest BCUT2D eigenvalue weighted by Gasteiger charge is -2.15. The maximum Gasteiger partial charge on any atom is 0.419 e. The van der Waals surface area contributed by atoms with Crippen molar-refractivity contribution in [3.8, 4) is 0 Å². The summed E-state index contributed by atoms with van der Waals surface area (Å²) in [7, 11) is 0. The lowest BCUT2D eigenvalue weighted by molar-refractivity contribution is -0.140. The number of halogens is 6. The molecule has 1 nitrogen and oxygen atoms in total. The Balaban J connectivity index is 2.40. The third-order valence-corrected chi connectivity index (χ3v) is 3.45. The topological polar surface area (TPSA) is 26.0 Å². The first-order valence-electron chi connectivity index (χ1n) is 5.77. The molecule has 0 aliphatic heterocycles. The zero-order valence-corrected chi connectivity index (χ0v) is 12.0. The van der Waals surface area contributed by atoms with Crippen molar-refractivity contribution in [3.63, 3.8) is 0 Å². The van der Waals surface area contributed by atoms with E-state index in [1.54, 1.807) is 6.07 Å². The van der Waals surface area contributed by atoms with Crippen LogP contribution in [0.5, 0.6) is 0 Å². The molecule has 2 rings (SSSR count). The summed E-state index contributed by atoms with van der Waals surface area (Å²) in [5, 5.41) is 0. The van der Waals surface area contributed by atoms with Gasteiger partial charge in [0.1, 0.15) is 11.6 Å². The van der Waals surface area contributed by atoms with Crippen molar-refractivity contribution in [2.45, 2.75) is 12.2 Å². The fourth-order valence-electron chi connectivity index (χ4n) is 1.89. The van der Waals surface area contributed by atoms with E-state index in [1.807, 2.05) is 0 Å². The molecule has 0 heterocycles. The Morgan fingerprint density at radius 1 is 0.952 bits per heavy atom. The Morgan fingerprint density at radius 3 is 2.14 bits per heavy atom. The predicted octanol–water partition coefficient (Wildman–Crippen LogP) is 4.79. The highest BCUT2D eigenvalue weighted by atomic mass is 79.9. The fraction of sp³-hybridized carbons (Fsp3) is 0.143. The molecule has 7 heteroatoms. The van der Waals surface area contributed by atoms with E-state index in [4.69, 9.17) is 5.73 Å². The first-order valence-corrected chi connectivity index (χ1v) is 6.56. The molecule has 0 radical (unpaired) electrons. The first-order chi connectivity index (χ1) is 9.70. The van der Waals surface area contributed by atoms with Crippen molar-refractivity contribution in [2.24, 2.45) is 5.73 Å². The molecule has 0 bridgehead atoms. The Morgan fingerprint density at radius 2 is 1.62 bits per heavy atom. The van der Waals surface area contributed by atoms with Gasteiger partial charge in [-0.2, -0.15) is 13.2 Å². The Labute approximate surface area is 125 Å². The lowest BCUT2D eigenvalue weighted by Crippen LogP contribution is -2.15. The third-order valence-electron chi connectivity index (χ3n) is 2.96. The largest absolute Gasteiger partial charge is 0.419 e. The van der Waals surface area contributed by atoms with Crippen molar-refractivity contribution < 1.29 is 22.0 Å². The van der Waals surface area contributed by atoms with Gasteiger partial charge < -0.3 is 5.73 Å². The number of alkyl halides is 3. The zero-order valence-electron chi connectivity index (χ0n) is 10.4. The smallest absolute Gasteiger partial charge is 0.320 e. The van der Waals surface area contributed by atoms with E-state index in [0.717, 1.165) is 6.07 Å². The number of hydrogen-bond acceptors (Lipinski definition) is 1. The van der Waals surface area contributed by atoms with Crippen LogP contribution in [-0.4, -0.2) is 0 Å². The second-order valence-corrected chi connectivity index (χ2v) is 5.30. The van der Waals surface area contributed by atoms with Crippen LogP contribution in [0.2, 0.25) is 0 Å². The van der Waals surface area contributed by atoms with Crippen molar-refractivity contribution >= 4 is 15.9 Å². The van der Waals surface area contributed by atoms with E-state index in [9.17, 15) is 22.0 Å². The van der Waals surface area contributed by atoms with Gasteiger partial charge in [0.25, 0.3) is 0 Å². The van der Waals surface area contributed by atoms with Gasteiger partial charge in [-0.25, -0.2) is 8.78 Å². The molecule has 21 heavy (non-hydrogen) atoms. The molecule has 0 saturated carbocycles. The van der Waals surface area contributed by atoms with Gasteiger partial charge in [-0.3, -0.25) is 0 Å². The van der Waals surface area contributed by atoms with Gasteiger partial charge in [-0.05, 0) is 29.8 Å². The van der Waals surface area contributed by atoms with Gasteiger partial charge in [0.05, 0.1) is 11.6 Å². The molecule has 0 fully saturated rings. The van der Waals surface area contributed by atoms with Crippen LogP contribution in [-0.2, 0) is 6.18 Å². The van der Waals surface area contributed by atoms with Gasteiger partial charge in [0.15, 0.2) is 0 Å². The summed E-state index contributed by atoms with van der Waals surface area (Å²) >= 11 is 3.08. The molecule has 0 spiro atoms. The van der Waals surface area contributed by atoms with Gasteiger partial charge >= 0.3 is 6.18 Å². The van der Waals surface area contributed by atoms with Crippen LogP contribution in [0.15, 0.2) is 40.9 Å². The van der Waals surface area contributed by atoms with Crippen LogP contribution in [0.25, 0.3) is 0 Å². The van der Waals surface area contributed by atoms with Crippen molar-refractivity contribution in [1.29, 1.82) is 0 Å². The number of rotatable bonds is 2. The first kappa shape index (κ1) is 15.9. The summed E-state index contributed by atoms with van der Waals surface area (Å²) in [4.78, 5) is 0. The summed E-state index contributed by atoms with van der Waals surface area (Å²) in [5.74, 6) is -2.06. The van der Waals surface area contributed by atoms with Gasteiger partial charge in [0.2, 0.25) is 0 Å². The van der Waals surface area contributed by atoms with Gasteiger partial charge in [-0.1, -0.05) is 28.1 Å². The highest BCUT2D eigenvalue weighted by molar-refractivity contribution is 9.10. The molecule has 2 N–H and O–H groups in total. The minimum absolute atomic E-state index is 0.0572. The molecule has 0 aliphatic carbocycles. The minimum Gasteiger partial charge on any atom is -0.320 e. The molecule has 112 valence electrons. The molecule has 1 atom stereocenters. The van der Waals surface area contributed by atoms with E-state index in [-0.39, 0.29) is 11.1 Å². The average molecular weight is 366 g/mol. The quantitative estimate of drug-likeness (QED) is 0.760. The molecule has 2 aromatic carbocycles. The van der Waals surface area contributed by atoms with Crippen molar-refractivity contribution in [3.05, 3.63) is 69.2 Å². The minimum atomic E-state index is -4.78. The summed E-state index contributed by atoms with van der Waals surface area (Å²) in [6, 6.07) is 5.36. The van der Waals surface area contributed by atoms with E-state index in [2.05, 4.69) is 15.9 Å². The van der Waals surface area contributed by atoms with Crippen LogP contribution in [0.1, 0.15) is 22.7 Å². The molecular weight excluding hydrogens is 357 g/mol. The van der Waals surface area contributed by atoms with Crippen LogP contribution in [0.3, 0.4) is 0 Å². The van der Waals surface area contributed by atoms with Crippen molar-refractivity contribution in [2.75, 3.05) is 0 Å². The zero-order chi connectivity index (χ0) is 15.8. The average Bonchev–Trinajstić information content (AvgIpc) is 2.36. The van der Waals surface area contributed by atoms with E-state index in [1.165, 1.54) is 12.1 Å². The van der Waals surface area contributed by atoms with Crippen LogP contribution < -0.4 is 5.73 Å². The standard InChI is InChI=1S/C14H9BrF5N/c15-8-2-3-9(11(16)6-8)13(21)7-1-4-10(12(17)5-7)14(18,19)20/h1-6,13H,21H2. The fourth-order valence-corrected chi connectivity index (χ4v) is 2.22. The third kappa shape index (κ3) is 3.41. The predicted molar refractivity (Wildman–Crippen MR) is 71.5 cm³/mol. The maximum atomic E-state index is 13.8. The second kappa shape index (κ2) is 5.73. The van der Waals surface area contributed by atoms with Crippen LogP contribution in [0.4, 0.5) is 22.0 Å². The SMILES string of the molecule is NC(c1ccc(C(F)(F)F)c(F)c1)c1ccc(Br)cc1F. The summed E-state index contributed by atoms with van der Waals surface area (Å²) < 4.78 is 65.2. The number of benzene rings is 2. The Kier molecular flexibility index (Phi) is 4.34.